The lowest BCUT2D eigenvalue weighted by Crippen LogP contribution is -2.46. The average Bonchev–Trinajstić information content (AvgIpc) is 2.81. The minimum atomic E-state index is -3.61. The molecule has 0 bridgehead atoms. The largest absolute Gasteiger partial charge is 0.349 e. The van der Waals surface area contributed by atoms with E-state index in [1.807, 2.05) is 4.90 Å². The van der Waals surface area contributed by atoms with E-state index in [1.54, 1.807) is 26.0 Å². The summed E-state index contributed by atoms with van der Waals surface area (Å²) in [5, 5.41) is 5.74. The number of halogens is 1. The monoisotopic (exact) mass is 490 g/mol. The first kappa shape index (κ1) is 25.8. The number of likely N-dealkylation sites (tertiary alicyclic amines) is 1. The van der Waals surface area contributed by atoms with Gasteiger partial charge in [0.15, 0.2) is 0 Å². The maximum atomic E-state index is 13.0. The van der Waals surface area contributed by atoms with E-state index >= 15 is 0 Å². The zero-order valence-electron chi connectivity index (χ0n) is 19.5. The van der Waals surface area contributed by atoms with E-state index in [0.717, 1.165) is 0 Å². The number of nitrogens with one attached hydrogen (secondary N) is 2. The number of carbonyl (C=O) groups excluding carboxylic acids is 2. The lowest BCUT2D eigenvalue weighted by Gasteiger charge is -2.31. The number of hydrogen-bond donors (Lipinski definition) is 2. The number of hydrogen-bond acceptors (Lipinski definition) is 5. The van der Waals surface area contributed by atoms with Crippen molar-refractivity contribution >= 4 is 27.5 Å². The Morgan fingerprint density at radius 1 is 1.06 bits per heavy atom. The topological polar surface area (TPSA) is 98.8 Å². The van der Waals surface area contributed by atoms with Crippen molar-refractivity contribution in [2.24, 2.45) is 0 Å². The summed E-state index contributed by atoms with van der Waals surface area (Å²) in [7, 11) is -3.61. The average molecular weight is 491 g/mol. The number of anilines is 1. The van der Waals surface area contributed by atoms with Gasteiger partial charge in [0.05, 0.1) is 11.4 Å². The highest BCUT2D eigenvalue weighted by Crippen LogP contribution is 2.20. The predicted molar refractivity (Wildman–Crippen MR) is 129 cm³/mol. The van der Waals surface area contributed by atoms with E-state index in [-0.39, 0.29) is 35.1 Å². The van der Waals surface area contributed by atoms with E-state index in [1.165, 1.54) is 40.7 Å². The van der Waals surface area contributed by atoms with Gasteiger partial charge in [-0.25, -0.2) is 12.8 Å². The minimum Gasteiger partial charge on any atom is -0.349 e. The number of carbonyl (C=O) groups is 2. The molecule has 0 saturated carbocycles. The normalized spacial score (nSPS) is 15.3. The van der Waals surface area contributed by atoms with Gasteiger partial charge in [-0.2, -0.15) is 4.31 Å². The molecule has 2 amide bonds. The smallest absolute Gasteiger partial charge is 0.251 e. The van der Waals surface area contributed by atoms with Crippen LogP contribution in [0.2, 0.25) is 0 Å². The fraction of sp³-hybridized carbons (Fsp3) is 0.417. The minimum absolute atomic E-state index is 0.0150. The van der Waals surface area contributed by atoms with Crippen molar-refractivity contribution in [1.29, 1.82) is 0 Å². The number of rotatable bonds is 9. The van der Waals surface area contributed by atoms with Crippen LogP contribution in [0.4, 0.5) is 10.1 Å². The summed E-state index contributed by atoms with van der Waals surface area (Å²) >= 11 is 0. The van der Waals surface area contributed by atoms with Crippen molar-refractivity contribution in [2.75, 3.05) is 38.0 Å². The lowest BCUT2D eigenvalue weighted by molar-refractivity contribution is -0.117. The molecule has 0 aromatic heterocycles. The van der Waals surface area contributed by atoms with Crippen molar-refractivity contribution in [2.45, 2.75) is 37.6 Å². The second-order valence-electron chi connectivity index (χ2n) is 8.20. The fourth-order valence-electron chi connectivity index (χ4n) is 3.96. The first-order chi connectivity index (χ1) is 16.2. The van der Waals surface area contributed by atoms with Crippen molar-refractivity contribution in [3.05, 3.63) is 59.9 Å². The van der Waals surface area contributed by atoms with E-state index in [9.17, 15) is 22.4 Å². The molecule has 0 radical (unpaired) electrons. The molecule has 1 saturated heterocycles. The first-order valence-corrected chi connectivity index (χ1v) is 12.9. The van der Waals surface area contributed by atoms with Crippen LogP contribution in [0.25, 0.3) is 0 Å². The summed E-state index contributed by atoms with van der Waals surface area (Å²) in [6, 6.07) is 11.7. The molecule has 0 unspecified atom stereocenters. The quantitative estimate of drug-likeness (QED) is 0.563. The van der Waals surface area contributed by atoms with Crippen LogP contribution in [0, 0.1) is 5.82 Å². The Labute approximate surface area is 200 Å². The summed E-state index contributed by atoms with van der Waals surface area (Å²) in [5.74, 6) is -0.859. The molecule has 3 rings (SSSR count). The fourth-order valence-corrected chi connectivity index (χ4v) is 5.46. The van der Waals surface area contributed by atoms with E-state index < -0.39 is 10.0 Å². The van der Waals surface area contributed by atoms with Crippen LogP contribution >= 0.6 is 0 Å². The number of amides is 2. The molecule has 2 aromatic carbocycles. The van der Waals surface area contributed by atoms with Crippen molar-refractivity contribution in [1.82, 2.24) is 14.5 Å². The molecular weight excluding hydrogens is 459 g/mol. The zero-order chi connectivity index (χ0) is 24.7. The van der Waals surface area contributed by atoms with E-state index in [2.05, 4.69) is 10.6 Å². The van der Waals surface area contributed by atoms with Crippen LogP contribution in [-0.4, -0.2) is 68.2 Å². The summed E-state index contributed by atoms with van der Waals surface area (Å²) in [6.07, 6.45) is 1.38. The van der Waals surface area contributed by atoms with Gasteiger partial charge in [-0.15, -0.1) is 0 Å². The van der Waals surface area contributed by atoms with E-state index in [4.69, 9.17) is 0 Å². The third-order valence-corrected chi connectivity index (χ3v) is 7.90. The van der Waals surface area contributed by atoms with Gasteiger partial charge < -0.3 is 10.6 Å². The molecule has 34 heavy (non-hydrogen) atoms. The van der Waals surface area contributed by atoms with Gasteiger partial charge in [0.1, 0.15) is 5.82 Å². The van der Waals surface area contributed by atoms with Crippen LogP contribution in [-0.2, 0) is 14.8 Å². The van der Waals surface area contributed by atoms with Gasteiger partial charge in [0.25, 0.3) is 5.91 Å². The number of benzene rings is 2. The molecule has 0 spiro atoms. The van der Waals surface area contributed by atoms with Gasteiger partial charge in [0.2, 0.25) is 15.9 Å². The van der Waals surface area contributed by atoms with E-state index in [0.29, 0.717) is 50.3 Å². The molecule has 8 nitrogen and oxygen atoms in total. The van der Waals surface area contributed by atoms with Gasteiger partial charge >= 0.3 is 0 Å². The number of nitrogens with zero attached hydrogens (tertiary/aromatic N) is 2. The maximum Gasteiger partial charge on any atom is 0.251 e. The molecule has 1 aliphatic heterocycles. The van der Waals surface area contributed by atoms with Crippen molar-refractivity contribution < 1.29 is 22.4 Å². The van der Waals surface area contributed by atoms with Crippen LogP contribution in [0.5, 0.6) is 0 Å². The maximum absolute atomic E-state index is 13.0. The van der Waals surface area contributed by atoms with Gasteiger partial charge in [-0.3, -0.25) is 14.5 Å². The summed E-state index contributed by atoms with van der Waals surface area (Å²) in [6.45, 7) is 5.75. The highest BCUT2D eigenvalue weighted by atomic mass is 32.2. The molecule has 1 aliphatic rings. The predicted octanol–water partition coefficient (Wildman–Crippen LogP) is 2.69. The zero-order valence-corrected chi connectivity index (χ0v) is 20.3. The summed E-state index contributed by atoms with van der Waals surface area (Å²) in [4.78, 5) is 27.0. The molecule has 184 valence electrons. The Morgan fingerprint density at radius 3 is 2.32 bits per heavy atom. The molecule has 0 aliphatic carbocycles. The van der Waals surface area contributed by atoms with Crippen molar-refractivity contribution in [3.8, 4) is 0 Å². The highest BCUT2D eigenvalue weighted by Gasteiger charge is 2.24. The van der Waals surface area contributed by atoms with Crippen LogP contribution in [0.1, 0.15) is 37.0 Å². The van der Waals surface area contributed by atoms with Gasteiger partial charge in [-0.05, 0) is 55.3 Å². The molecule has 2 N–H and O–H groups in total. The Hall–Kier alpha value is -2.82. The Balaban J connectivity index is 1.49. The number of piperidine rings is 1. The highest BCUT2D eigenvalue weighted by molar-refractivity contribution is 7.89. The molecular formula is C24H31FN4O4S. The van der Waals surface area contributed by atoms with Crippen LogP contribution in [0.15, 0.2) is 53.4 Å². The summed E-state index contributed by atoms with van der Waals surface area (Å²) in [5.41, 5.74) is 0.841. The van der Waals surface area contributed by atoms with Gasteiger partial charge in [-0.1, -0.05) is 19.9 Å². The van der Waals surface area contributed by atoms with Crippen molar-refractivity contribution in [3.63, 3.8) is 0 Å². The van der Waals surface area contributed by atoms with Crippen LogP contribution in [0.3, 0.4) is 0 Å². The summed E-state index contributed by atoms with van der Waals surface area (Å²) < 4.78 is 39.8. The Morgan fingerprint density at radius 2 is 1.71 bits per heavy atom. The third-order valence-electron chi connectivity index (χ3n) is 5.86. The molecule has 1 fully saturated rings. The second-order valence-corrected chi connectivity index (χ2v) is 10.1. The lowest BCUT2D eigenvalue weighted by atomic mass is 10.0. The SMILES string of the molecule is CCN(CC)S(=O)(=O)c1cccc(NC(=O)CN2CCC(NC(=O)c3ccc(F)cc3)CC2)c1. The first-order valence-electron chi connectivity index (χ1n) is 11.4. The number of sulfonamides is 1. The Kier molecular flexibility index (Phi) is 8.76. The molecule has 2 aromatic rings. The van der Waals surface area contributed by atoms with Gasteiger partial charge in [0, 0.05) is 43.5 Å². The molecule has 10 heteroatoms. The third kappa shape index (κ3) is 6.62. The van der Waals surface area contributed by atoms with Crippen LogP contribution < -0.4 is 10.6 Å². The molecule has 0 atom stereocenters. The Bertz CT molecular complexity index is 1100. The standard InChI is InChI=1S/C24H31FN4O4S/c1-3-29(4-2)34(32,33)22-7-5-6-21(16-22)26-23(30)17-28-14-12-20(13-15-28)27-24(31)18-8-10-19(25)11-9-18/h5-11,16,20H,3-4,12-15,17H2,1-2H3,(H,26,30)(H,27,31). The second kappa shape index (κ2) is 11.5. The molecule has 1 heterocycles.